The summed E-state index contributed by atoms with van der Waals surface area (Å²) in [5.41, 5.74) is 5.43. The van der Waals surface area contributed by atoms with Crippen molar-refractivity contribution in [3.8, 4) is 5.75 Å². The molecule has 1 saturated carbocycles. The van der Waals surface area contributed by atoms with Crippen molar-refractivity contribution in [2.75, 3.05) is 31.6 Å². The quantitative estimate of drug-likeness (QED) is 0.757. The highest BCUT2D eigenvalue weighted by molar-refractivity contribution is 6.05. The van der Waals surface area contributed by atoms with Gasteiger partial charge in [0.1, 0.15) is 23.9 Å². The van der Waals surface area contributed by atoms with Gasteiger partial charge in [-0.3, -0.25) is 10.2 Å². The van der Waals surface area contributed by atoms with Crippen LogP contribution in [0.15, 0.2) is 24.3 Å². The first-order valence-corrected chi connectivity index (χ1v) is 11.1. The van der Waals surface area contributed by atoms with Gasteiger partial charge in [0.05, 0.1) is 18.8 Å². The Morgan fingerprint density at radius 3 is 2.74 bits per heavy atom. The molecule has 0 atom stereocenters. The molecule has 1 aliphatic carbocycles. The second-order valence-electron chi connectivity index (χ2n) is 10.0. The first kappa shape index (κ1) is 20.0. The lowest BCUT2D eigenvalue weighted by Crippen LogP contribution is -2.33. The predicted molar refractivity (Wildman–Crippen MR) is 122 cm³/mol. The van der Waals surface area contributed by atoms with Crippen molar-refractivity contribution in [3.63, 3.8) is 0 Å². The topological polar surface area (TPSA) is 69.5 Å². The average Bonchev–Trinajstić information content (AvgIpc) is 3.53. The number of carbonyl (C=O) groups excluding carboxylic acids is 1. The maximum atomic E-state index is 13.3. The predicted octanol–water partition coefficient (Wildman–Crippen LogP) is 4.11. The van der Waals surface area contributed by atoms with Gasteiger partial charge in [0.25, 0.3) is 0 Å². The highest BCUT2D eigenvalue weighted by Gasteiger charge is 2.32. The number of fused-ring (bicyclic) bond motifs is 2. The Morgan fingerprint density at radius 1 is 1.26 bits per heavy atom. The van der Waals surface area contributed by atoms with Crippen molar-refractivity contribution in [2.24, 2.45) is 0 Å². The summed E-state index contributed by atoms with van der Waals surface area (Å²) in [6.07, 6.45) is 2.38. The van der Waals surface area contributed by atoms with E-state index in [2.05, 4.69) is 37.8 Å². The van der Waals surface area contributed by atoms with Crippen LogP contribution in [0.1, 0.15) is 72.4 Å². The van der Waals surface area contributed by atoms with Gasteiger partial charge in [-0.2, -0.15) is 0 Å². The van der Waals surface area contributed by atoms with Crippen LogP contribution in [0, 0.1) is 5.41 Å². The normalized spacial score (nSPS) is 18.0. The van der Waals surface area contributed by atoms with E-state index in [0.29, 0.717) is 30.5 Å². The number of hydrogen-bond donors (Lipinski definition) is 1. The Morgan fingerprint density at radius 2 is 2.03 bits per heavy atom. The number of amidine groups is 1. The van der Waals surface area contributed by atoms with Gasteiger partial charge in [0.2, 0.25) is 0 Å². The first-order chi connectivity index (χ1) is 14.7. The lowest BCUT2D eigenvalue weighted by atomic mass is 9.84. The van der Waals surface area contributed by atoms with Crippen LogP contribution in [0.5, 0.6) is 5.75 Å². The fourth-order valence-electron chi connectivity index (χ4n) is 4.45. The number of Topliss-reactive ketones (excluding diaryl/α,β-unsaturated/α-hetero) is 1. The second-order valence-corrected chi connectivity index (χ2v) is 10.0. The van der Waals surface area contributed by atoms with Crippen LogP contribution in [0.4, 0.5) is 5.69 Å². The second kappa shape index (κ2) is 7.08. The minimum atomic E-state index is -0.141. The molecule has 1 aromatic heterocycles. The third-order valence-electron chi connectivity index (χ3n) is 6.52. The SMILES string of the molecule is CN1CCOc2c1cc(C(=O)CN1Cc3ccc(C4CC4)nc3C1=N)cc2C(C)(C)C. The Balaban J connectivity index is 1.42. The third-order valence-corrected chi connectivity index (χ3v) is 6.52. The summed E-state index contributed by atoms with van der Waals surface area (Å²) in [4.78, 5) is 22.1. The standard InChI is InChI=1S/C25H30N4O2/c1-25(2,3)18-11-17(12-20-23(18)31-10-9-28(20)4)21(30)14-29-13-16-7-8-19(15-5-6-15)27-22(16)24(29)26/h7-8,11-12,15,26H,5-6,9-10,13-14H2,1-4H3. The van der Waals surface area contributed by atoms with Crippen molar-refractivity contribution in [3.05, 3.63) is 52.3 Å². The number of anilines is 1. The molecule has 6 nitrogen and oxygen atoms in total. The molecule has 6 heteroatoms. The fraction of sp³-hybridized carbons (Fsp3) is 0.480. The third kappa shape index (κ3) is 3.58. The highest BCUT2D eigenvalue weighted by atomic mass is 16.5. The van der Waals surface area contributed by atoms with E-state index in [9.17, 15) is 4.79 Å². The number of nitrogens with one attached hydrogen (secondary N) is 1. The zero-order valence-electron chi connectivity index (χ0n) is 18.8. The van der Waals surface area contributed by atoms with Crippen LogP contribution in [0.25, 0.3) is 0 Å². The van der Waals surface area contributed by atoms with E-state index in [1.165, 1.54) is 12.8 Å². The van der Waals surface area contributed by atoms with Crippen LogP contribution in [0.3, 0.4) is 0 Å². The summed E-state index contributed by atoms with van der Waals surface area (Å²) < 4.78 is 6.01. The molecule has 162 valence electrons. The van der Waals surface area contributed by atoms with Crippen LogP contribution in [0.2, 0.25) is 0 Å². The molecule has 1 fully saturated rings. The van der Waals surface area contributed by atoms with E-state index < -0.39 is 0 Å². The molecular weight excluding hydrogens is 388 g/mol. The van der Waals surface area contributed by atoms with Crippen molar-refractivity contribution < 1.29 is 9.53 Å². The molecule has 31 heavy (non-hydrogen) atoms. The van der Waals surface area contributed by atoms with Gasteiger partial charge < -0.3 is 14.5 Å². The molecule has 0 amide bonds. The minimum absolute atomic E-state index is 0.0206. The summed E-state index contributed by atoms with van der Waals surface area (Å²) in [5.74, 6) is 1.82. The largest absolute Gasteiger partial charge is 0.489 e. The number of pyridine rings is 1. The van der Waals surface area contributed by atoms with Gasteiger partial charge in [-0.25, -0.2) is 4.98 Å². The van der Waals surface area contributed by atoms with Gasteiger partial charge in [-0.15, -0.1) is 0 Å². The number of aromatic nitrogens is 1. The van der Waals surface area contributed by atoms with Gasteiger partial charge in [-0.05, 0) is 36.5 Å². The van der Waals surface area contributed by atoms with E-state index in [-0.39, 0.29) is 17.7 Å². The molecule has 1 N–H and O–H groups in total. The van der Waals surface area contributed by atoms with E-state index in [4.69, 9.17) is 15.1 Å². The van der Waals surface area contributed by atoms with E-state index in [1.54, 1.807) is 0 Å². The number of ketones is 1. The van der Waals surface area contributed by atoms with Crippen molar-refractivity contribution in [2.45, 2.75) is 51.5 Å². The molecule has 0 radical (unpaired) electrons. The zero-order chi connectivity index (χ0) is 21.9. The maximum Gasteiger partial charge on any atom is 0.182 e. The van der Waals surface area contributed by atoms with E-state index in [0.717, 1.165) is 40.5 Å². The lowest BCUT2D eigenvalue weighted by Gasteiger charge is -2.33. The smallest absolute Gasteiger partial charge is 0.182 e. The number of hydrogen-bond acceptors (Lipinski definition) is 5. The maximum absolute atomic E-state index is 13.3. The molecule has 0 spiro atoms. The van der Waals surface area contributed by atoms with E-state index in [1.807, 2.05) is 24.1 Å². The summed E-state index contributed by atoms with van der Waals surface area (Å²) in [7, 11) is 2.04. The fourth-order valence-corrected chi connectivity index (χ4v) is 4.45. The Kier molecular flexibility index (Phi) is 4.57. The number of nitrogens with zero attached hydrogens (tertiary/aromatic N) is 3. The van der Waals surface area contributed by atoms with Crippen molar-refractivity contribution in [1.29, 1.82) is 5.41 Å². The minimum Gasteiger partial charge on any atom is -0.489 e. The molecule has 2 aromatic rings. The number of benzene rings is 1. The van der Waals surface area contributed by atoms with Crippen LogP contribution < -0.4 is 9.64 Å². The Bertz CT molecular complexity index is 1080. The zero-order valence-corrected chi connectivity index (χ0v) is 18.8. The molecule has 5 rings (SSSR count). The highest BCUT2D eigenvalue weighted by Crippen LogP contribution is 2.42. The summed E-state index contributed by atoms with van der Waals surface area (Å²) in [6, 6.07) is 8.10. The van der Waals surface area contributed by atoms with Crippen LogP contribution in [-0.4, -0.2) is 48.2 Å². The Labute approximate surface area is 183 Å². The summed E-state index contributed by atoms with van der Waals surface area (Å²) >= 11 is 0. The molecule has 0 saturated heterocycles. The first-order valence-electron chi connectivity index (χ1n) is 11.1. The lowest BCUT2D eigenvalue weighted by molar-refractivity contribution is 0.0962. The van der Waals surface area contributed by atoms with Crippen LogP contribution in [-0.2, 0) is 12.0 Å². The molecule has 0 bridgehead atoms. The average molecular weight is 419 g/mol. The molecule has 1 aromatic carbocycles. The monoisotopic (exact) mass is 418 g/mol. The molecule has 3 aliphatic rings. The molecular formula is C25H30N4O2. The van der Waals surface area contributed by atoms with E-state index >= 15 is 0 Å². The van der Waals surface area contributed by atoms with Crippen LogP contribution >= 0.6 is 0 Å². The number of carbonyl (C=O) groups is 1. The number of ether oxygens (including phenoxy) is 1. The van der Waals surface area contributed by atoms with Gasteiger partial charge in [0, 0.05) is 41.9 Å². The van der Waals surface area contributed by atoms with Gasteiger partial charge in [-0.1, -0.05) is 26.8 Å². The van der Waals surface area contributed by atoms with Crippen molar-refractivity contribution >= 4 is 17.3 Å². The molecule has 3 heterocycles. The number of rotatable bonds is 4. The van der Waals surface area contributed by atoms with Crippen molar-refractivity contribution in [1.82, 2.24) is 9.88 Å². The molecule has 0 unspecified atom stereocenters. The summed E-state index contributed by atoms with van der Waals surface area (Å²) in [6.45, 7) is 8.63. The number of likely N-dealkylation sites (N-methyl/N-ethyl adjacent to an activating group) is 1. The van der Waals surface area contributed by atoms with Gasteiger partial charge >= 0.3 is 0 Å². The molecule has 2 aliphatic heterocycles. The Hall–Kier alpha value is -2.89. The van der Waals surface area contributed by atoms with Gasteiger partial charge in [0.15, 0.2) is 5.78 Å². The summed E-state index contributed by atoms with van der Waals surface area (Å²) in [5, 5.41) is 8.61.